The molecule has 2 aromatic rings. The fourth-order valence-electron chi connectivity index (χ4n) is 3.02. The standard InChI is InChI=1S/C16H18BrNS/c17-15-9-8-13(19-15)10-12-6-3-5-11-4-1-2-7-14(11)16(12)18/h1-2,4,7-9,12,16H,3,5-6,10,18H2. The van der Waals surface area contributed by atoms with Crippen molar-refractivity contribution in [2.45, 2.75) is 31.7 Å². The minimum Gasteiger partial charge on any atom is -0.324 e. The van der Waals surface area contributed by atoms with Gasteiger partial charge in [-0.1, -0.05) is 24.3 Å². The molecule has 0 saturated carbocycles. The lowest BCUT2D eigenvalue weighted by Gasteiger charge is -2.22. The maximum atomic E-state index is 6.54. The summed E-state index contributed by atoms with van der Waals surface area (Å²) in [5.74, 6) is 0.564. The van der Waals surface area contributed by atoms with Crippen molar-refractivity contribution in [3.63, 3.8) is 0 Å². The Morgan fingerprint density at radius 3 is 2.84 bits per heavy atom. The molecule has 3 rings (SSSR count). The minimum absolute atomic E-state index is 0.180. The van der Waals surface area contributed by atoms with Crippen LogP contribution in [-0.4, -0.2) is 0 Å². The molecule has 0 bridgehead atoms. The molecule has 19 heavy (non-hydrogen) atoms. The molecule has 1 heterocycles. The van der Waals surface area contributed by atoms with Crippen LogP contribution in [0.25, 0.3) is 0 Å². The van der Waals surface area contributed by atoms with Gasteiger partial charge >= 0.3 is 0 Å². The highest BCUT2D eigenvalue weighted by Gasteiger charge is 2.25. The third-order valence-electron chi connectivity index (χ3n) is 4.04. The summed E-state index contributed by atoms with van der Waals surface area (Å²) in [6.45, 7) is 0. The average Bonchev–Trinajstić information content (AvgIpc) is 2.75. The topological polar surface area (TPSA) is 26.0 Å². The van der Waals surface area contributed by atoms with Gasteiger partial charge in [-0.3, -0.25) is 0 Å². The molecule has 0 spiro atoms. The lowest BCUT2D eigenvalue weighted by atomic mass is 9.88. The Morgan fingerprint density at radius 2 is 2.05 bits per heavy atom. The number of hydrogen-bond acceptors (Lipinski definition) is 2. The summed E-state index contributed by atoms with van der Waals surface area (Å²) in [7, 11) is 0. The first-order valence-corrected chi connectivity index (χ1v) is 8.42. The summed E-state index contributed by atoms with van der Waals surface area (Å²) in [5, 5.41) is 0. The normalized spacial score (nSPS) is 22.8. The number of aryl methyl sites for hydroxylation is 1. The van der Waals surface area contributed by atoms with E-state index < -0.39 is 0 Å². The lowest BCUT2D eigenvalue weighted by Crippen LogP contribution is -2.22. The third kappa shape index (κ3) is 2.93. The number of rotatable bonds is 2. The maximum absolute atomic E-state index is 6.54. The summed E-state index contributed by atoms with van der Waals surface area (Å²) >= 11 is 5.37. The predicted octanol–water partition coefficient (Wildman–Crippen LogP) is 4.71. The molecule has 1 nitrogen and oxygen atoms in total. The van der Waals surface area contributed by atoms with Crippen molar-refractivity contribution in [2.24, 2.45) is 11.7 Å². The Morgan fingerprint density at radius 1 is 1.21 bits per heavy atom. The molecule has 0 saturated heterocycles. The second-order valence-electron chi connectivity index (χ2n) is 5.29. The van der Waals surface area contributed by atoms with E-state index in [4.69, 9.17) is 5.73 Å². The molecule has 100 valence electrons. The summed E-state index contributed by atoms with van der Waals surface area (Å²) in [5.41, 5.74) is 9.35. The van der Waals surface area contributed by atoms with Crippen molar-refractivity contribution in [3.8, 4) is 0 Å². The van der Waals surface area contributed by atoms with Gasteiger partial charge < -0.3 is 5.73 Å². The van der Waals surface area contributed by atoms with Crippen LogP contribution in [0.3, 0.4) is 0 Å². The van der Waals surface area contributed by atoms with E-state index in [0.717, 1.165) is 6.42 Å². The molecular weight excluding hydrogens is 318 g/mol. The Labute approximate surface area is 127 Å². The molecule has 0 radical (unpaired) electrons. The molecule has 0 aliphatic heterocycles. The monoisotopic (exact) mass is 335 g/mol. The zero-order chi connectivity index (χ0) is 13.2. The van der Waals surface area contributed by atoms with Crippen molar-refractivity contribution in [1.82, 2.24) is 0 Å². The number of fused-ring (bicyclic) bond motifs is 1. The number of hydrogen-bond donors (Lipinski definition) is 1. The van der Waals surface area contributed by atoms with E-state index >= 15 is 0 Å². The van der Waals surface area contributed by atoms with Gasteiger partial charge in [-0.15, -0.1) is 11.3 Å². The zero-order valence-electron chi connectivity index (χ0n) is 10.8. The highest BCUT2D eigenvalue weighted by atomic mass is 79.9. The van der Waals surface area contributed by atoms with Gasteiger partial charge in [-0.05, 0) is 70.8 Å². The maximum Gasteiger partial charge on any atom is 0.0701 e. The van der Waals surface area contributed by atoms with Crippen LogP contribution in [0.4, 0.5) is 0 Å². The Hall–Kier alpha value is -0.640. The largest absolute Gasteiger partial charge is 0.324 e. The fraction of sp³-hybridized carbons (Fsp3) is 0.375. The van der Waals surface area contributed by atoms with Gasteiger partial charge in [0.05, 0.1) is 3.79 Å². The number of benzene rings is 1. The minimum atomic E-state index is 0.180. The average molecular weight is 336 g/mol. The van der Waals surface area contributed by atoms with Gasteiger partial charge in [0.1, 0.15) is 0 Å². The third-order valence-corrected chi connectivity index (χ3v) is 5.68. The van der Waals surface area contributed by atoms with Crippen LogP contribution in [0.5, 0.6) is 0 Å². The van der Waals surface area contributed by atoms with Crippen LogP contribution in [0.1, 0.15) is 34.9 Å². The van der Waals surface area contributed by atoms with Gasteiger partial charge in [0, 0.05) is 10.9 Å². The first-order valence-electron chi connectivity index (χ1n) is 6.81. The Kier molecular flexibility index (Phi) is 4.06. The van der Waals surface area contributed by atoms with Gasteiger partial charge in [-0.25, -0.2) is 0 Å². The molecular formula is C16H18BrNS. The SMILES string of the molecule is NC1c2ccccc2CCCC1Cc1ccc(Br)s1. The Bertz CT molecular complexity index is 563. The van der Waals surface area contributed by atoms with Crippen LogP contribution >= 0.6 is 27.3 Å². The molecule has 1 aliphatic carbocycles. The molecule has 2 N–H and O–H groups in total. The van der Waals surface area contributed by atoms with E-state index in [-0.39, 0.29) is 6.04 Å². The molecule has 1 aromatic heterocycles. The second kappa shape index (κ2) is 5.78. The van der Waals surface area contributed by atoms with Gasteiger partial charge in [-0.2, -0.15) is 0 Å². The van der Waals surface area contributed by atoms with Gasteiger partial charge in [0.15, 0.2) is 0 Å². The molecule has 0 fully saturated rings. The summed E-state index contributed by atoms with van der Waals surface area (Å²) in [4.78, 5) is 1.44. The van der Waals surface area contributed by atoms with Crippen LogP contribution in [0.2, 0.25) is 0 Å². The van der Waals surface area contributed by atoms with E-state index in [1.807, 2.05) is 11.3 Å². The van der Waals surface area contributed by atoms with Crippen molar-refractivity contribution in [1.29, 1.82) is 0 Å². The quantitative estimate of drug-likeness (QED) is 0.790. The van der Waals surface area contributed by atoms with Crippen molar-refractivity contribution in [3.05, 3.63) is 56.2 Å². The van der Waals surface area contributed by atoms with Crippen LogP contribution in [-0.2, 0) is 12.8 Å². The van der Waals surface area contributed by atoms with E-state index in [9.17, 15) is 0 Å². The molecule has 1 aliphatic rings. The van der Waals surface area contributed by atoms with Crippen molar-refractivity contribution in [2.75, 3.05) is 0 Å². The molecule has 3 heteroatoms. The van der Waals surface area contributed by atoms with Crippen LogP contribution < -0.4 is 5.73 Å². The molecule has 0 amide bonds. The van der Waals surface area contributed by atoms with Gasteiger partial charge in [0.25, 0.3) is 0 Å². The van der Waals surface area contributed by atoms with Crippen molar-refractivity contribution < 1.29 is 0 Å². The number of thiophene rings is 1. The smallest absolute Gasteiger partial charge is 0.0701 e. The first-order chi connectivity index (χ1) is 9.24. The second-order valence-corrected chi connectivity index (χ2v) is 7.83. The van der Waals surface area contributed by atoms with Gasteiger partial charge in [0.2, 0.25) is 0 Å². The van der Waals surface area contributed by atoms with E-state index in [1.165, 1.54) is 39.1 Å². The molecule has 2 unspecified atom stereocenters. The van der Waals surface area contributed by atoms with E-state index in [0.29, 0.717) is 5.92 Å². The van der Waals surface area contributed by atoms with Crippen molar-refractivity contribution >= 4 is 27.3 Å². The summed E-state index contributed by atoms with van der Waals surface area (Å²) in [6, 6.07) is 13.2. The molecule has 1 aromatic carbocycles. The fourth-order valence-corrected chi connectivity index (χ4v) is 4.60. The number of nitrogens with two attached hydrogens (primary N) is 1. The predicted molar refractivity (Wildman–Crippen MR) is 85.5 cm³/mol. The van der Waals surface area contributed by atoms with E-state index in [2.05, 4.69) is 52.3 Å². The summed E-state index contributed by atoms with van der Waals surface area (Å²) in [6.07, 6.45) is 4.76. The van der Waals surface area contributed by atoms with E-state index in [1.54, 1.807) is 0 Å². The summed E-state index contributed by atoms with van der Waals surface area (Å²) < 4.78 is 1.21. The lowest BCUT2D eigenvalue weighted by molar-refractivity contribution is 0.404. The number of halogens is 1. The highest BCUT2D eigenvalue weighted by Crippen LogP contribution is 2.35. The van der Waals surface area contributed by atoms with Crippen LogP contribution in [0.15, 0.2) is 40.2 Å². The zero-order valence-corrected chi connectivity index (χ0v) is 13.2. The highest BCUT2D eigenvalue weighted by molar-refractivity contribution is 9.11. The first kappa shape index (κ1) is 13.3. The Balaban J connectivity index is 1.83. The van der Waals surface area contributed by atoms with Crippen LogP contribution in [0, 0.1) is 5.92 Å². The molecule has 2 atom stereocenters.